The van der Waals surface area contributed by atoms with Gasteiger partial charge in [0.05, 0.1) is 17.4 Å². The van der Waals surface area contributed by atoms with Crippen LogP contribution in [-0.2, 0) is 11.3 Å². The maximum absolute atomic E-state index is 12.8. The van der Waals surface area contributed by atoms with Crippen LogP contribution >= 0.6 is 11.6 Å². The third-order valence-electron chi connectivity index (χ3n) is 4.33. The van der Waals surface area contributed by atoms with Crippen LogP contribution in [0.3, 0.4) is 0 Å². The first-order valence-corrected chi connectivity index (χ1v) is 8.62. The van der Waals surface area contributed by atoms with Crippen molar-refractivity contribution >= 4 is 28.4 Å². The topological polar surface area (TPSA) is 66.1 Å². The zero-order chi connectivity index (χ0) is 17.1. The molecule has 0 aliphatic heterocycles. The summed E-state index contributed by atoms with van der Waals surface area (Å²) in [6.45, 7) is 2.71. The van der Waals surface area contributed by atoms with E-state index in [0.717, 1.165) is 25.7 Å². The van der Waals surface area contributed by atoms with Crippen molar-refractivity contribution in [2.45, 2.75) is 39.2 Å². The molecule has 0 fully saturated rings. The van der Waals surface area contributed by atoms with Gasteiger partial charge in [0.1, 0.15) is 5.82 Å². The Hall–Kier alpha value is -2.14. The van der Waals surface area contributed by atoms with Crippen LogP contribution in [0.5, 0.6) is 0 Å². The highest BCUT2D eigenvalue weighted by Gasteiger charge is 2.23. The average Bonchev–Trinajstić information content (AvgIpc) is 2.59. The Morgan fingerprint density at radius 2 is 2.04 bits per heavy atom. The molecule has 0 unspecified atom stereocenters. The quantitative estimate of drug-likeness (QED) is 0.924. The first-order chi connectivity index (χ1) is 11.6. The fourth-order valence-electron chi connectivity index (χ4n) is 3.00. The summed E-state index contributed by atoms with van der Waals surface area (Å²) in [5.41, 5.74) is 1.15. The Labute approximate surface area is 145 Å². The predicted octanol–water partition coefficient (Wildman–Crippen LogP) is 3.34. The number of halogens is 1. The highest BCUT2D eigenvalue weighted by atomic mass is 35.5. The number of fused-ring (bicyclic) bond motifs is 1. The van der Waals surface area contributed by atoms with E-state index in [1.807, 2.05) is 13.0 Å². The second-order valence-corrected chi connectivity index (χ2v) is 6.40. The molecule has 0 spiro atoms. The number of nitrogens with one attached hydrogen (secondary N) is 1. The van der Waals surface area contributed by atoms with Crippen LogP contribution in [0.1, 0.15) is 38.4 Å². The number of H-pyrrole nitrogens is 1. The van der Waals surface area contributed by atoms with Gasteiger partial charge in [-0.1, -0.05) is 23.7 Å². The van der Waals surface area contributed by atoms with E-state index >= 15 is 0 Å². The molecule has 0 saturated carbocycles. The minimum absolute atomic E-state index is 0.0574. The lowest BCUT2D eigenvalue weighted by molar-refractivity contribution is -0.127. The van der Waals surface area contributed by atoms with Gasteiger partial charge in [-0.05, 0) is 44.7 Å². The summed E-state index contributed by atoms with van der Waals surface area (Å²) in [6.07, 6.45) is 3.50. The van der Waals surface area contributed by atoms with Crippen LogP contribution in [-0.4, -0.2) is 27.3 Å². The van der Waals surface area contributed by atoms with Gasteiger partial charge in [0.25, 0.3) is 11.5 Å². The molecule has 1 N–H and O–H groups in total. The highest BCUT2D eigenvalue weighted by Crippen LogP contribution is 2.28. The van der Waals surface area contributed by atoms with Gasteiger partial charge in [-0.15, -0.1) is 0 Å². The van der Waals surface area contributed by atoms with Crippen molar-refractivity contribution in [1.29, 1.82) is 0 Å². The number of aromatic amines is 1. The van der Waals surface area contributed by atoms with E-state index in [4.69, 9.17) is 11.6 Å². The van der Waals surface area contributed by atoms with Gasteiger partial charge in [-0.3, -0.25) is 9.59 Å². The first kappa shape index (κ1) is 16.7. The molecule has 0 bridgehead atoms. The molecule has 1 aromatic carbocycles. The van der Waals surface area contributed by atoms with Crippen LogP contribution in [0, 0.1) is 0 Å². The molecule has 1 amide bonds. The van der Waals surface area contributed by atoms with E-state index in [-0.39, 0.29) is 18.0 Å². The largest absolute Gasteiger partial charge is 0.332 e. The van der Waals surface area contributed by atoms with Crippen molar-refractivity contribution in [3.63, 3.8) is 0 Å². The van der Waals surface area contributed by atoms with Crippen molar-refractivity contribution in [3.8, 4) is 0 Å². The van der Waals surface area contributed by atoms with Gasteiger partial charge < -0.3 is 9.88 Å². The summed E-state index contributed by atoms with van der Waals surface area (Å²) >= 11 is 6.24. The number of aromatic nitrogens is 2. The number of benzene rings is 1. The Morgan fingerprint density at radius 3 is 2.79 bits per heavy atom. The number of amides is 1. The molecule has 24 heavy (non-hydrogen) atoms. The van der Waals surface area contributed by atoms with Crippen molar-refractivity contribution in [3.05, 3.63) is 51.0 Å². The molecule has 2 aromatic rings. The molecule has 1 aliphatic rings. The Balaban J connectivity index is 1.88. The van der Waals surface area contributed by atoms with Crippen LogP contribution < -0.4 is 5.56 Å². The molecule has 3 rings (SSSR count). The van der Waals surface area contributed by atoms with E-state index in [9.17, 15) is 9.59 Å². The summed E-state index contributed by atoms with van der Waals surface area (Å²) in [4.78, 5) is 33.8. The normalized spacial score (nSPS) is 14.9. The third kappa shape index (κ3) is 3.36. The second kappa shape index (κ2) is 7.18. The first-order valence-electron chi connectivity index (χ1n) is 8.25. The summed E-state index contributed by atoms with van der Waals surface area (Å²) in [5.74, 6) is 0.430. The number of carbonyl (C=O) groups excluding carboxylic acids is 1. The van der Waals surface area contributed by atoms with Crippen LogP contribution in [0.2, 0.25) is 0 Å². The summed E-state index contributed by atoms with van der Waals surface area (Å²) in [5, 5.41) is 1.22. The number of likely N-dealkylation sites (N-methyl/N-ethyl adjacent to an activating group) is 1. The molecule has 0 saturated heterocycles. The van der Waals surface area contributed by atoms with Gasteiger partial charge in [-0.2, -0.15) is 0 Å². The van der Waals surface area contributed by atoms with E-state index in [1.54, 1.807) is 23.1 Å². The predicted molar refractivity (Wildman–Crippen MR) is 94.8 cm³/mol. The summed E-state index contributed by atoms with van der Waals surface area (Å²) in [7, 11) is 0. The molecule has 6 heteroatoms. The van der Waals surface area contributed by atoms with Crippen LogP contribution in [0.25, 0.3) is 10.9 Å². The minimum Gasteiger partial charge on any atom is -0.332 e. The molecular weight excluding hydrogens is 326 g/mol. The molecule has 5 nitrogen and oxygen atoms in total. The smallest absolute Gasteiger partial charge is 0.258 e. The summed E-state index contributed by atoms with van der Waals surface area (Å²) in [6, 6.07) is 7.18. The van der Waals surface area contributed by atoms with E-state index < -0.39 is 0 Å². The Morgan fingerprint density at radius 1 is 1.29 bits per heavy atom. The SMILES string of the molecule is CCN(Cc1nc2ccccc2c(=O)[nH]1)C(=O)C1=C(Cl)CCCC1. The molecule has 1 aliphatic carbocycles. The molecule has 126 valence electrons. The number of nitrogens with zero attached hydrogens (tertiary/aromatic N) is 2. The average molecular weight is 346 g/mol. The zero-order valence-electron chi connectivity index (χ0n) is 13.6. The molecular formula is C18H20ClN3O2. The lowest BCUT2D eigenvalue weighted by atomic mass is 9.98. The van der Waals surface area contributed by atoms with Crippen LogP contribution in [0.4, 0.5) is 0 Å². The van der Waals surface area contributed by atoms with E-state index in [2.05, 4.69) is 9.97 Å². The molecule has 0 radical (unpaired) electrons. The van der Waals surface area contributed by atoms with Crippen LogP contribution in [0.15, 0.2) is 39.7 Å². The minimum atomic E-state index is -0.186. The van der Waals surface area contributed by atoms with Gasteiger partial charge in [-0.25, -0.2) is 4.98 Å². The van der Waals surface area contributed by atoms with Gasteiger partial charge in [0.2, 0.25) is 0 Å². The van der Waals surface area contributed by atoms with Crippen molar-refractivity contribution < 1.29 is 4.79 Å². The highest BCUT2D eigenvalue weighted by molar-refractivity contribution is 6.32. The summed E-state index contributed by atoms with van der Waals surface area (Å²) < 4.78 is 0. The van der Waals surface area contributed by atoms with Crippen molar-refractivity contribution in [1.82, 2.24) is 14.9 Å². The number of rotatable bonds is 4. The number of allylic oxidation sites excluding steroid dienone is 1. The molecule has 1 aromatic heterocycles. The monoisotopic (exact) mass is 345 g/mol. The van der Waals surface area contributed by atoms with Crippen molar-refractivity contribution in [2.24, 2.45) is 0 Å². The zero-order valence-corrected chi connectivity index (χ0v) is 14.4. The lowest BCUT2D eigenvalue weighted by Crippen LogP contribution is -2.33. The number of hydrogen-bond donors (Lipinski definition) is 1. The molecule has 0 atom stereocenters. The fraction of sp³-hybridized carbons (Fsp3) is 0.389. The van der Waals surface area contributed by atoms with E-state index in [1.165, 1.54) is 0 Å². The number of para-hydroxylation sites is 1. The van der Waals surface area contributed by atoms with Gasteiger partial charge >= 0.3 is 0 Å². The number of carbonyl (C=O) groups is 1. The standard InChI is InChI=1S/C18H20ClN3O2/c1-2-22(18(24)12-7-3-5-9-14(12)19)11-16-20-15-10-6-4-8-13(15)17(23)21-16/h4,6,8,10H,2-3,5,7,9,11H2,1H3,(H,20,21,23). The third-order valence-corrected chi connectivity index (χ3v) is 4.75. The van der Waals surface area contributed by atoms with Crippen molar-refractivity contribution in [2.75, 3.05) is 6.54 Å². The second-order valence-electron chi connectivity index (χ2n) is 5.94. The van der Waals surface area contributed by atoms with Gasteiger partial charge in [0.15, 0.2) is 0 Å². The lowest BCUT2D eigenvalue weighted by Gasteiger charge is -2.24. The maximum atomic E-state index is 12.8. The Bertz CT molecular complexity index is 857. The Kier molecular flexibility index (Phi) is 5.00. The van der Waals surface area contributed by atoms with Gasteiger partial charge in [0, 0.05) is 17.2 Å². The number of hydrogen-bond acceptors (Lipinski definition) is 3. The maximum Gasteiger partial charge on any atom is 0.258 e. The fourth-order valence-corrected chi connectivity index (χ4v) is 3.31. The van der Waals surface area contributed by atoms with E-state index in [0.29, 0.717) is 33.9 Å². The molecule has 1 heterocycles.